The lowest BCUT2D eigenvalue weighted by atomic mass is 9.78. The molecule has 0 radical (unpaired) electrons. The Morgan fingerprint density at radius 2 is 1.41 bits per heavy atom. The number of hydrogen-bond acceptors (Lipinski definition) is 1. The van der Waals surface area contributed by atoms with Crippen LogP contribution in [-0.4, -0.2) is 12.2 Å². The molecule has 5 heteroatoms. The average molecular weight is 523 g/mol. The highest BCUT2D eigenvalue weighted by molar-refractivity contribution is 5.22. The fraction of sp³-hybridized carbons (Fsp3) is 0.750. The molecule has 1 nitrogen and oxygen atoms in total. The minimum atomic E-state index is -2.99. The molecule has 0 atom stereocenters. The van der Waals surface area contributed by atoms with E-state index in [0.29, 0.717) is 49.4 Å². The zero-order valence-corrected chi connectivity index (χ0v) is 22.6. The van der Waals surface area contributed by atoms with Gasteiger partial charge in [0.25, 0.3) is 0 Å². The molecule has 0 unspecified atom stereocenters. The number of ether oxygens (including phenoxy) is 1. The largest absolute Gasteiger partial charge is 0.358 e. The fourth-order valence-corrected chi connectivity index (χ4v) is 6.91. The van der Waals surface area contributed by atoms with Crippen LogP contribution in [0.5, 0.6) is 0 Å². The van der Waals surface area contributed by atoms with E-state index in [1.54, 1.807) is 6.07 Å². The summed E-state index contributed by atoms with van der Waals surface area (Å²) in [5.41, 5.74) is 0.900. The zero-order valence-electron chi connectivity index (χ0n) is 22.6. The van der Waals surface area contributed by atoms with Crippen molar-refractivity contribution in [3.63, 3.8) is 0 Å². The second kappa shape index (κ2) is 13.6. The third-order valence-corrected chi connectivity index (χ3v) is 9.42. The van der Waals surface area contributed by atoms with Crippen LogP contribution in [-0.2, 0) is 4.74 Å². The minimum absolute atomic E-state index is 0.296. The molecule has 208 valence electrons. The highest BCUT2D eigenvalue weighted by atomic mass is 19.3. The number of unbranched alkanes of at least 4 members (excludes halogenated alkanes) is 2. The Morgan fingerprint density at radius 1 is 0.784 bits per heavy atom. The molecular weight excluding hydrogens is 476 g/mol. The summed E-state index contributed by atoms with van der Waals surface area (Å²) >= 11 is 0. The van der Waals surface area contributed by atoms with Crippen LogP contribution < -0.4 is 0 Å². The minimum Gasteiger partial charge on any atom is -0.317 e. The Bertz CT molecular complexity index is 844. The molecule has 3 aliphatic rings. The van der Waals surface area contributed by atoms with E-state index in [1.165, 1.54) is 37.8 Å². The van der Waals surface area contributed by atoms with E-state index in [9.17, 15) is 17.6 Å². The molecule has 3 fully saturated rings. The molecule has 3 aliphatic carbocycles. The maximum absolute atomic E-state index is 14.9. The van der Waals surface area contributed by atoms with Gasteiger partial charge in [-0.05, 0) is 118 Å². The summed E-state index contributed by atoms with van der Waals surface area (Å²) in [6.07, 6.45) is 16.5. The number of hydrogen-bond donors (Lipinski definition) is 0. The van der Waals surface area contributed by atoms with Crippen LogP contribution in [0.4, 0.5) is 17.6 Å². The predicted octanol–water partition coefficient (Wildman–Crippen LogP) is 10.3. The highest BCUT2D eigenvalue weighted by Gasteiger charge is 2.44. The SMILES string of the molecule is CCCCCC1CCC(C(F)(F)OC2CCC(/C=C/C3CCC(c4ccc(F)c(F)c4)CC3)CC2)CC1. The van der Waals surface area contributed by atoms with E-state index >= 15 is 0 Å². The molecular formula is C32H46F4O. The number of rotatable bonds is 10. The summed E-state index contributed by atoms with van der Waals surface area (Å²) in [4.78, 5) is 0. The fourth-order valence-electron chi connectivity index (χ4n) is 6.91. The molecule has 37 heavy (non-hydrogen) atoms. The quantitative estimate of drug-likeness (QED) is 0.169. The smallest absolute Gasteiger partial charge is 0.317 e. The van der Waals surface area contributed by atoms with Crippen molar-refractivity contribution in [2.45, 2.75) is 128 Å². The molecule has 0 N–H and O–H groups in total. The Kier molecular flexibility index (Phi) is 10.5. The van der Waals surface area contributed by atoms with Crippen LogP contribution in [0, 0.1) is 35.3 Å². The molecule has 0 spiro atoms. The maximum atomic E-state index is 14.9. The Labute approximate surface area is 221 Å². The third kappa shape index (κ3) is 8.31. The second-order valence-electron chi connectivity index (χ2n) is 12.1. The van der Waals surface area contributed by atoms with Crippen LogP contribution in [0.2, 0.25) is 0 Å². The van der Waals surface area contributed by atoms with Crippen molar-refractivity contribution in [3.05, 3.63) is 47.5 Å². The van der Waals surface area contributed by atoms with E-state index in [2.05, 4.69) is 19.1 Å². The maximum Gasteiger partial charge on any atom is 0.358 e. The van der Waals surface area contributed by atoms with Gasteiger partial charge >= 0.3 is 6.11 Å². The molecule has 4 rings (SSSR count). The molecule has 0 saturated heterocycles. The van der Waals surface area contributed by atoms with E-state index in [1.807, 2.05) is 0 Å². The van der Waals surface area contributed by atoms with E-state index in [4.69, 9.17) is 4.74 Å². The summed E-state index contributed by atoms with van der Waals surface area (Å²) in [5, 5.41) is 0. The summed E-state index contributed by atoms with van der Waals surface area (Å²) in [7, 11) is 0. The van der Waals surface area contributed by atoms with Gasteiger partial charge < -0.3 is 4.74 Å². The normalized spacial score (nSPS) is 31.6. The van der Waals surface area contributed by atoms with Crippen molar-refractivity contribution in [1.29, 1.82) is 0 Å². The van der Waals surface area contributed by atoms with Gasteiger partial charge in [0, 0.05) is 0 Å². The van der Waals surface area contributed by atoms with Crippen molar-refractivity contribution in [3.8, 4) is 0 Å². The standard InChI is InChI=1S/C32H46F4O/c1-2-3-4-5-23-10-17-28(18-11-23)32(35,36)37-29-19-12-25(13-20-29)7-6-24-8-14-26(15-9-24)27-16-21-30(33)31(34)22-27/h6-7,16,21-26,28-29H,2-5,8-15,17-20H2,1H3/b7-6+. The molecule has 0 aliphatic heterocycles. The number of benzene rings is 1. The molecule has 0 heterocycles. The lowest BCUT2D eigenvalue weighted by molar-refractivity contribution is -0.301. The van der Waals surface area contributed by atoms with Gasteiger partial charge in [0.15, 0.2) is 11.6 Å². The number of allylic oxidation sites excluding steroid dienone is 2. The van der Waals surface area contributed by atoms with Gasteiger partial charge in [0.2, 0.25) is 0 Å². The molecule has 0 bridgehead atoms. The summed E-state index contributed by atoms with van der Waals surface area (Å²) < 4.78 is 62.1. The first kappa shape index (κ1) is 28.6. The lowest BCUT2D eigenvalue weighted by Gasteiger charge is -2.36. The topological polar surface area (TPSA) is 9.23 Å². The second-order valence-corrected chi connectivity index (χ2v) is 12.1. The highest BCUT2D eigenvalue weighted by Crippen LogP contribution is 2.43. The first-order chi connectivity index (χ1) is 17.8. The van der Waals surface area contributed by atoms with E-state index in [-0.39, 0.29) is 6.10 Å². The van der Waals surface area contributed by atoms with E-state index in [0.717, 1.165) is 56.9 Å². The predicted molar refractivity (Wildman–Crippen MR) is 142 cm³/mol. The van der Waals surface area contributed by atoms with Gasteiger partial charge in [-0.3, -0.25) is 0 Å². The summed E-state index contributed by atoms with van der Waals surface area (Å²) in [5.74, 6) is -0.291. The van der Waals surface area contributed by atoms with Crippen LogP contribution in [0.3, 0.4) is 0 Å². The lowest BCUT2D eigenvalue weighted by Crippen LogP contribution is -2.39. The zero-order chi connectivity index (χ0) is 26.3. The Morgan fingerprint density at radius 3 is 2.00 bits per heavy atom. The average Bonchev–Trinajstić information content (AvgIpc) is 2.90. The van der Waals surface area contributed by atoms with Crippen molar-refractivity contribution in [2.24, 2.45) is 23.7 Å². The summed E-state index contributed by atoms with van der Waals surface area (Å²) in [6, 6.07) is 4.29. The van der Waals surface area contributed by atoms with Crippen molar-refractivity contribution in [2.75, 3.05) is 0 Å². The number of halogens is 4. The van der Waals surface area contributed by atoms with E-state index < -0.39 is 23.7 Å². The van der Waals surface area contributed by atoms with Gasteiger partial charge in [-0.15, -0.1) is 0 Å². The van der Waals surface area contributed by atoms with Gasteiger partial charge in [-0.1, -0.05) is 50.8 Å². The Hall–Kier alpha value is -1.36. The molecule has 0 amide bonds. The monoisotopic (exact) mass is 522 g/mol. The van der Waals surface area contributed by atoms with Crippen LogP contribution >= 0.6 is 0 Å². The van der Waals surface area contributed by atoms with Crippen molar-refractivity contribution < 1.29 is 22.3 Å². The Balaban J connectivity index is 1.14. The van der Waals surface area contributed by atoms with Crippen LogP contribution in [0.25, 0.3) is 0 Å². The first-order valence-electron chi connectivity index (χ1n) is 15.0. The summed E-state index contributed by atoms with van der Waals surface area (Å²) in [6.45, 7) is 2.20. The van der Waals surface area contributed by atoms with Crippen molar-refractivity contribution in [1.82, 2.24) is 0 Å². The molecule has 1 aromatic carbocycles. The van der Waals surface area contributed by atoms with Crippen LogP contribution in [0.1, 0.15) is 121 Å². The van der Waals surface area contributed by atoms with Crippen molar-refractivity contribution >= 4 is 0 Å². The number of alkyl halides is 2. The molecule has 1 aromatic rings. The van der Waals surface area contributed by atoms with Crippen LogP contribution in [0.15, 0.2) is 30.4 Å². The van der Waals surface area contributed by atoms with Gasteiger partial charge in [-0.2, -0.15) is 8.78 Å². The van der Waals surface area contributed by atoms with Gasteiger partial charge in [0.1, 0.15) is 0 Å². The third-order valence-electron chi connectivity index (χ3n) is 9.42. The molecule has 3 saturated carbocycles. The van der Waals surface area contributed by atoms with Gasteiger partial charge in [0.05, 0.1) is 12.0 Å². The van der Waals surface area contributed by atoms with Gasteiger partial charge in [-0.25, -0.2) is 8.78 Å². The first-order valence-corrected chi connectivity index (χ1v) is 15.0. The molecule has 0 aromatic heterocycles.